The molecule has 0 aliphatic carbocycles. The first-order valence-electron chi connectivity index (χ1n) is 6.70. The Hall–Kier alpha value is -1.64. The van der Waals surface area contributed by atoms with Gasteiger partial charge in [-0.05, 0) is 43.5 Å². The van der Waals surface area contributed by atoms with Crippen LogP contribution in [0.2, 0.25) is 0 Å². The Kier molecular flexibility index (Phi) is 4.50. The second-order valence-corrected chi connectivity index (χ2v) is 6.90. The van der Waals surface area contributed by atoms with E-state index in [1.807, 2.05) is 0 Å². The third-order valence-electron chi connectivity index (χ3n) is 3.48. The lowest BCUT2D eigenvalue weighted by molar-refractivity contribution is -0.122. The summed E-state index contributed by atoms with van der Waals surface area (Å²) >= 11 is 0. The molecule has 1 amide bonds. The molecule has 7 nitrogen and oxygen atoms in total. The highest BCUT2D eigenvalue weighted by molar-refractivity contribution is 7.89. The van der Waals surface area contributed by atoms with E-state index in [1.165, 1.54) is 0 Å². The molecule has 0 radical (unpaired) electrons. The highest BCUT2D eigenvalue weighted by atomic mass is 32.2. The summed E-state index contributed by atoms with van der Waals surface area (Å²) in [7, 11) is -3.63. The lowest BCUT2D eigenvalue weighted by Crippen LogP contribution is -2.47. The van der Waals surface area contributed by atoms with E-state index >= 15 is 0 Å². The monoisotopic (exact) mass is 312 g/mol. The summed E-state index contributed by atoms with van der Waals surface area (Å²) in [5.41, 5.74) is 4.41. The lowest BCUT2D eigenvalue weighted by Gasteiger charge is -2.24. The average Bonchev–Trinajstić information content (AvgIpc) is 2.39. The average molecular weight is 312 g/mol. The lowest BCUT2D eigenvalue weighted by atomic mass is 10.1. The van der Waals surface area contributed by atoms with E-state index in [0.29, 0.717) is 36.2 Å². The van der Waals surface area contributed by atoms with Crippen LogP contribution in [-0.4, -0.2) is 26.9 Å². The number of carbonyl (C=O) groups excluding carboxylic acids is 1. The van der Waals surface area contributed by atoms with Gasteiger partial charge in [0.2, 0.25) is 15.9 Å². The number of rotatable bonds is 4. The van der Waals surface area contributed by atoms with Crippen LogP contribution in [0.3, 0.4) is 0 Å². The number of hydrogen-bond donors (Lipinski definition) is 4. The number of benzene rings is 1. The van der Waals surface area contributed by atoms with Crippen molar-refractivity contribution in [3.05, 3.63) is 23.3 Å². The summed E-state index contributed by atoms with van der Waals surface area (Å²) in [5.74, 6) is 5.31. The van der Waals surface area contributed by atoms with Crippen LogP contribution in [0.25, 0.3) is 0 Å². The molecular weight excluding hydrogens is 292 g/mol. The largest absolute Gasteiger partial charge is 0.355 e. The maximum absolute atomic E-state index is 12.5. The summed E-state index contributed by atoms with van der Waals surface area (Å²) < 4.78 is 27.8. The first-order valence-corrected chi connectivity index (χ1v) is 8.18. The second kappa shape index (κ2) is 6.00. The first kappa shape index (κ1) is 15.7. The molecule has 1 atom stereocenters. The predicted molar refractivity (Wildman–Crippen MR) is 80.1 cm³/mol. The van der Waals surface area contributed by atoms with E-state index in [9.17, 15) is 13.2 Å². The van der Waals surface area contributed by atoms with Gasteiger partial charge in [0.1, 0.15) is 0 Å². The number of sulfonamides is 1. The molecule has 1 saturated heterocycles. The molecule has 116 valence electrons. The predicted octanol–water partition coefficient (Wildman–Crippen LogP) is 0.146. The van der Waals surface area contributed by atoms with Gasteiger partial charge in [-0.15, -0.1) is 0 Å². The topological polar surface area (TPSA) is 113 Å². The van der Waals surface area contributed by atoms with Crippen LogP contribution >= 0.6 is 0 Å². The summed E-state index contributed by atoms with van der Waals surface area (Å²) in [6.45, 7) is 3.77. The fourth-order valence-electron chi connectivity index (χ4n) is 2.57. The second-order valence-electron chi connectivity index (χ2n) is 5.24. The van der Waals surface area contributed by atoms with Gasteiger partial charge in [-0.25, -0.2) is 13.1 Å². The fourth-order valence-corrected chi connectivity index (χ4v) is 4.29. The highest BCUT2D eigenvalue weighted by Crippen LogP contribution is 2.24. The number of aryl methyl sites for hydroxylation is 2. The molecule has 1 aliphatic rings. The molecule has 8 heteroatoms. The number of nitrogens with two attached hydrogens (primary N) is 1. The van der Waals surface area contributed by atoms with E-state index in [2.05, 4.69) is 15.5 Å². The van der Waals surface area contributed by atoms with Gasteiger partial charge in [-0.3, -0.25) is 10.6 Å². The van der Waals surface area contributed by atoms with Gasteiger partial charge < -0.3 is 10.7 Å². The molecule has 1 unspecified atom stereocenters. The number of nitrogen functional groups attached to an aromatic ring is 1. The van der Waals surface area contributed by atoms with E-state index < -0.39 is 10.0 Å². The van der Waals surface area contributed by atoms with Crippen LogP contribution < -0.4 is 21.3 Å². The maximum atomic E-state index is 12.5. The minimum Gasteiger partial charge on any atom is -0.355 e. The normalized spacial score (nSPS) is 19.2. The summed E-state index contributed by atoms with van der Waals surface area (Å²) in [4.78, 5) is 11.4. The molecule has 5 N–H and O–H groups in total. The number of hydrogen-bond acceptors (Lipinski definition) is 5. The van der Waals surface area contributed by atoms with Crippen LogP contribution in [0.5, 0.6) is 0 Å². The Bertz CT molecular complexity index is 624. The van der Waals surface area contributed by atoms with Crippen molar-refractivity contribution in [2.24, 2.45) is 5.84 Å². The van der Waals surface area contributed by atoms with Gasteiger partial charge >= 0.3 is 0 Å². The maximum Gasteiger partial charge on any atom is 0.241 e. The first-order chi connectivity index (χ1) is 9.83. The molecule has 0 saturated carbocycles. The molecule has 1 fully saturated rings. The molecule has 2 rings (SSSR count). The Balaban J connectivity index is 2.25. The van der Waals surface area contributed by atoms with E-state index in [-0.39, 0.29) is 16.8 Å². The third kappa shape index (κ3) is 3.52. The minimum atomic E-state index is -3.63. The van der Waals surface area contributed by atoms with Crippen LogP contribution in [0, 0.1) is 13.8 Å². The molecule has 0 spiro atoms. The zero-order chi connectivity index (χ0) is 15.6. The van der Waals surface area contributed by atoms with Crippen LogP contribution in [0.15, 0.2) is 17.0 Å². The van der Waals surface area contributed by atoms with Gasteiger partial charge in [0.05, 0.1) is 4.90 Å². The van der Waals surface area contributed by atoms with Gasteiger partial charge in [0.25, 0.3) is 0 Å². The molecule has 0 bridgehead atoms. The number of hydrazine groups is 1. The van der Waals surface area contributed by atoms with Crippen molar-refractivity contribution < 1.29 is 13.2 Å². The minimum absolute atomic E-state index is 0.0452. The van der Waals surface area contributed by atoms with Crippen LogP contribution in [0.1, 0.15) is 24.0 Å². The quantitative estimate of drug-likeness (QED) is 0.467. The number of amides is 1. The molecule has 21 heavy (non-hydrogen) atoms. The van der Waals surface area contributed by atoms with E-state index in [1.54, 1.807) is 26.0 Å². The highest BCUT2D eigenvalue weighted by Gasteiger charge is 2.26. The number of piperidine rings is 1. The summed E-state index contributed by atoms with van der Waals surface area (Å²) in [6.07, 6.45) is 0.840. The van der Waals surface area contributed by atoms with Crippen LogP contribution in [-0.2, 0) is 14.8 Å². The zero-order valence-electron chi connectivity index (χ0n) is 12.1. The van der Waals surface area contributed by atoms with Crippen molar-refractivity contribution >= 4 is 21.6 Å². The van der Waals surface area contributed by atoms with E-state index in [0.717, 1.165) is 0 Å². The van der Waals surface area contributed by atoms with Crippen molar-refractivity contribution in [1.82, 2.24) is 10.0 Å². The smallest absolute Gasteiger partial charge is 0.241 e. The fraction of sp³-hybridized carbons (Fsp3) is 0.462. The van der Waals surface area contributed by atoms with E-state index in [4.69, 9.17) is 5.84 Å². The van der Waals surface area contributed by atoms with Crippen molar-refractivity contribution in [2.75, 3.05) is 12.0 Å². The molecule has 0 aromatic heterocycles. The molecule has 1 aliphatic heterocycles. The molecular formula is C13H20N4O3S. The standard InChI is InChI=1S/C13H20N4O3S/c1-8-5-11(16-14)6-9(2)13(8)21(19,20)17-10-3-4-12(18)15-7-10/h5-6,10,16-17H,3-4,7,14H2,1-2H3,(H,15,18). The SMILES string of the molecule is Cc1cc(NN)cc(C)c1S(=O)(=O)NC1CCC(=O)NC1. The molecule has 1 aromatic rings. The zero-order valence-corrected chi connectivity index (χ0v) is 12.9. The van der Waals surface area contributed by atoms with Gasteiger partial charge in [0.15, 0.2) is 0 Å². The Morgan fingerprint density at radius 1 is 1.29 bits per heavy atom. The van der Waals surface area contributed by atoms with Gasteiger partial charge in [-0.2, -0.15) is 0 Å². The number of carbonyl (C=O) groups is 1. The number of nitrogens with one attached hydrogen (secondary N) is 3. The number of anilines is 1. The van der Waals surface area contributed by atoms with Crippen molar-refractivity contribution in [3.8, 4) is 0 Å². The van der Waals surface area contributed by atoms with Crippen molar-refractivity contribution in [2.45, 2.75) is 37.6 Å². The Morgan fingerprint density at radius 2 is 1.90 bits per heavy atom. The molecule has 1 heterocycles. The summed E-state index contributed by atoms with van der Waals surface area (Å²) in [5, 5.41) is 2.66. The summed E-state index contributed by atoms with van der Waals surface area (Å²) in [6, 6.07) is 3.09. The van der Waals surface area contributed by atoms with Gasteiger partial charge in [0, 0.05) is 24.7 Å². The van der Waals surface area contributed by atoms with Gasteiger partial charge in [-0.1, -0.05) is 0 Å². The van der Waals surface area contributed by atoms with Crippen LogP contribution in [0.4, 0.5) is 5.69 Å². The third-order valence-corrected chi connectivity index (χ3v) is 5.31. The molecule has 1 aromatic carbocycles. The van der Waals surface area contributed by atoms with Crippen molar-refractivity contribution in [1.29, 1.82) is 0 Å². The Labute approximate surface area is 124 Å². The van der Waals surface area contributed by atoms with Crippen molar-refractivity contribution in [3.63, 3.8) is 0 Å². The Morgan fingerprint density at radius 3 is 2.38 bits per heavy atom.